The van der Waals surface area contributed by atoms with Gasteiger partial charge in [0.25, 0.3) is 5.91 Å². The maximum Gasteiger partial charge on any atom is 0.271 e. The van der Waals surface area contributed by atoms with Crippen LogP contribution in [0.4, 0.5) is 0 Å². The van der Waals surface area contributed by atoms with Crippen LogP contribution in [0.3, 0.4) is 0 Å². The molecule has 4 rings (SSSR count). The molecule has 4 heterocycles. The van der Waals surface area contributed by atoms with Gasteiger partial charge in [-0.3, -0.25) is 14.4 Å². The summed E-state index contributed by atoms with van der Waals surface area (Å²) in [6.07, 6.45) is 5.34. The smallest absolute Gasteiger partial charge is 0.271 e. The Bertz CT molecular complexity index is 604. The Morgan fingerprint density at radius 2 is 2.35 bits per heavy atom. The zero-order valence-corrected chi connectivity index (χ0v) is 16.1. The van der Waals surface area contributed by atoms with Gasteiger partial charge in [0.1, 0.15) is 5.69 Å². The van der Waals surface area contributed by atoms with Crippen molar-refractivity contribution < 1.29 is 9.53 Å². The second-order valence-corrected chi connectivity index (χ2v) is 8.60. The normalized spacial score (nSPS) is 30.4. The van der Waals surface area contributed by atoms with E-state index in [1.54, 1.807) is 0 Å². The third-order valence-corrected chi connectivity index (χ3v) is 7.06. The van der Waals surface area contributed by atoms with Crippen LogP contribution in [0.15, 0.2) is 12.3 Å². The van der Waals surface area contributed by atoms with E-state index < -0.39 is 0 Å². The van der Waals surface area contributed by atoms with E-state index in [0.717, 1.165) is 70.2 Å². The zero-order valence-electron chi connectivity index (χ0n) is 15.3. The highest BCUT2D eigenvalue weighted by Crippen LogP contribution is 2.33. The van der Waals surface area contributed by atoms with E-state index in [1.165, 1.54) is 0 Å². The van der Waals surface area contributed by atoms with Crippen molar-refractivity contribution in [3.8, 4) is 0 Å². The van der Waals surface area contributed by atoms with Crippen LogP contribution in [0, 0.1) is 0 Å². The molecule has 7 nitrogen and oxygen atoms in total. The third-order valence-electron chi connectivity index (χ3n) is 5.83. The van der Waals surface area contributed by atoms with Gasteiger partial charge < -0.3 is 15.4 Å². The van der Waals surface area contributed by atoms with Gasteiger partial charge in [-0.05, 0) is 37.6 Å². The third kappa shape index (κ3) is 3.93. The molecule has 3 fully saturated rings. The molecule has 0 spiro atoms. The van der Waals surface area contributed by atoms with Crippen LogP contribution in [0.1, 0.15) is 35.8 Å². The summed E-state index contributed by atoms with van der Waals surface area (Å²) in [6.45, 7) is 6.20. The van der Waals surface area contributed by atoms with Crippen LogP contribution in [0.25, 0.3) is 0 Å². The van der Waals surface area contributed by atoms with Crippen molar-refractivity contribution in [1.29, 1.82) is 0 Å². The molecule has 2 atom stereocenters. The van der Waals surface area contributed by atoms with E-state index >= 15 is 0 Å². The van der Waals surface area contributed by atoms with Crippen molar-refractivity contribution in [2.24, 2.45) is 0 Å². The average Bonchev–Trinajstić information content (AvgIpc) is 3.38. The molecule has 1 aromatic heterocycles. The predicted molar refractivity (Wildman–Crippen MR) is 103 cm³/mol. The summed E-state index contributed by atoms with van der Waals surface area (Å²) in [6, 6.07) is 2.20. The van der Waals surface area contributed by atoms with Crippen molar-refractivity contribution in [1.82, 2.24) is 25.3 Å². The first-order chi connectivity index (χ1) is 12.8. The molecule has 0 aromatic carbocycles. The molecule has 0 radical (unpaired) electrons. The Labute approximate surface area is 159 Å². The van der Waals surface area contributed by atoms with Gasteiger partial charge in [0.2, 0.25) is 0 Å². The predicted octanol–water partition coefficient (Wildman–Crippen LogP) is 0.745. The van der Waals surface area contributed by atoms with E-state index in [0.29, 0.717) is 18.3 Å². The van der Waals surface area contributed by atoms with Crippen molar-refractivity contribution >= 4 is 17.7 Å². The van der Waals surface area contributed by atoms with Crippen molar-refractivity contribution in [3.05, 3.63) is 18.0 Å². The summed E-state index contributed by atoms with van der Waals surface area (Å²) >= 11 is 1.98. The van der Waals surface area contributed by atoms with Gasteiger partial charge >= 0.3 is 0 Å². The summed E-state index contributed by atoms with van der Waals surface area (Å²) in [5, 5.41) is 11.1. The van der Waals surface area contributed by atoms with Crippen molar-refractivity contribution in [2.75, 3.05) is 57.4 Å². The highest BCUT2D eigenvalue weighted by Gasteiger charge is 2.41. The summed E-state index contributed by atoms with van der Waals surface area (Å²) < 4.78 is 7.45. The molecule has 1 amide bonds. The molecular weight excluding hydrogens is 350 g/mol. The number of nitrogens with zero attached hydrogens (tertiary/aromatic N) is 3. The van der Waals surface area contributed by atoms with Crippen LogP contribution < -0.4 is 10.6 Å². The molecule has 0 bridgehead atoms. The number of ether oxygens (including phenoxy) is 1. The molecule has 0 aliphatic carbocycles. The number of amides is 1. The number of carbonyl (C=O) groups excluding carboxylic acids is 1. The maximum atomic E-state index is 12.7. The lowest BCUT2D eigenvalue weighted by Gasteiger charge is -2.43. The topological polar surface area (TPSA) is 71.4 Å². The highest BCUT2D eigenvalue weighted by atomic mass is 32.2. The number of aromatic nitrogens is 2. The number of hydrogen-bond donors (Lipinski definition) is 2. The quantitative estimate of drug-likeness (QED) is 0.787. The second kappa shape index (κ2) is 8.29. The molecule has 8 heteroatoms. The fourth-order valence-corrected chi connectivity index (χ4v) is 5.67. The monoisotopic (exact) mass is 379 g/mol. The Balaban J connectivity index is 1.37. The molecule has 1 aromatic rings. The van der Waals surface area contributed by atoms with E-state index in [4.69, 9.17) is 4.74 Å². The number of hydrogen-bond acceptors (Lipinski definition) is 6. The number of rotatable bonds is 5. The van der Waals surface area contributed by atoms with Crippen LogP contribution >= 0.6 is 11.8 Å². The maximum absolute atomic E-state index is 12.7. The molecule has 144 valence electrons. The fraction of sp³-hybridized carbons (Fsp3) is 0.778. The van der Waals surface area contributed by atoms with Gasteiger partial charge in [0, 0.05) is 43.7 Å². The van der Waals surface area contributed by atoms with Gasteiger partial charge in [-0.15, -0.1) is 0 Å². The molecule has 26 heavy (non-hydrogen) atoms. The number of piperidine rings is 1. The van der Waals surface area contributed by atoms with Crippen LogP contribution in [-0.4, -0.2) is 83.6 Å². The van der Waals surface area contributed by atoms with Gasteiger partial charge in [-0.1, -0.05) is 0 Å². The lowest BCUT2D eigenvalue weighted by molar-refractivity contribution is -0.0129. The molecule has 3 aliphatic heterocycles. The summed E-state index contributed by atoms with van der Waals surface area (Å²) in [5.41, 5.74) is 0.596. The molecule has 0 saturated carbocycles. The van der Waals surface area contributed by atoms with Gasteiger partial charge in [0.15, 0.2) is 0 Å². The van der Waals surface area contributed by atoms with Crippen molar-refractivity contribution in [3.63, 3.8) is 0 Å². The number of morpholine rings is 1. The summed E-state index contributed by atoms with van der Waals surface area (Å²) in [4.78, 5) is 15.2. The zero-order chi connectivity index (χ0) is 17.8. The Hall–Kier alpha value is -1.09. The van der Waals surface area contributed by atoms with Gasteiger partial charge in [-0.25, -0.2) is 0 Å². The van der Waals surface area contributed by atoms with E-state index in [2.05, 4.69) is 20.6 Å². The number of nitrogens with one attached hydrogen (secondary N) is 2. The number of thioether (sulfide) groups is 1. The second-order valence-electron chi connectivity index (χ2n) is 7.49. The minimum absolute atomic E-state index is 0.0583. The first kappa shape index (κ1) is 18.3. The summed E-state index contributed by atoms with van der Waals surface area (Å²) in [7, 11) is 0. The lowest BCUT2D eigenvalue weighted by atomic mass is 9.95. The van der Waals surface area contributed by atoms with E-state index in [9.17, 15) is 4.79 Å². The Kier molecular flexibility index (Phi) is 5.83. The first-order valence-corrected chi connectivity index (χ1v) is 10.9. The fourth-order valence-electron chi connectivity index (χ4n) is 4.19. The Morgan fingerprint density at radius 1 is 1.46 bits per heavy atom. The van der Waals surface area contributed by atoms with Crippen molar-refractivity contribution in [2.45, 2.75) is 30.8 Å². The van der Waals surface area contributed by atoms with E-state index in [-0.39, 0.29) is 11.4 Å². The standard InChI is InChI=1S/C18H29N5O2S/c24-17(16-3-6-23(21-16)15-2-1-5-19-12-15)20-13-18(4-11-26-14-18)22-7-9-25-10-8-22/h3,6,15,19H,1-2,4-5,7-14H2,(H,20,24). The van der Waals surface area contributed by atoms with Crippen LogP contribution in [0.2, 0.25) is 0 Å². The van der Waals surface area contributed by atoms with Gasteiger partial charge in [0.05, 0.1) is 19.3 Å². The molecule has 3 saturated heterocycles. The molecule has 3 aliphatic rings. The lowest BCUT2D eigenvalue weighted by Crippen LogP contribution is -2.59. The molecular formula is C18H29N5O2S. The minimum atomic E-state index is -0.0583. The van der Waals surface area contributed by atoms with Crippen LogP contribution in [-0.2, 0) is 4.74 Å². The first-order valence-electron chi connectivity index (χ1n) is 9.71. The molecule has 2 unspecified atom stereocenters. The number of carbonyl (C=O) groups is 1. The van der Waals surface area contributed by atoms with E-state index in [1.807, 2.05) is 28.7 Å². The van der Waals surface area contributed by atoms with Gasteiger partial charge in [-0.2, -0.15) is 16.9 Å². The SMILES string of the molecule is O=C(NCC1(N2CCOCC2)CCSC1)c1ccn(C2CCCNC2)n1. The summed E-state index contributed by atoms with van der Waals surface area (Å²) in [5.74, 6) is 2.18. The average molecular weight is 380 g/mol. The van der Waals surface area contributed by atoms with Crippen LogP contribution in [0.5, 0.6) is 0 Å². The molecule has 2 N–H and O–H groups in total. The Morgan fingerprint density at radius 3 is 3.08 bits per heavy atom. The highest BCUT2D eigenvalue weighted by molar-refractivity contribution is 7.99. The minimum Gasteiger partial charge on any atom is -0.379 e. The largest absolute Gasteiger partial charge is 0.379 e.